The van der Waals surface area contributed by atoms with Crippen LogP contribution in [0.5, 0.6) is 0 Å². The number of hydrogen-bond donors (Lipinski definition) is 4. The van der Waals surface area contributed by atoms with Crippen molar-refractivity contribution < 1.29 is 4.74 Å². The molecule has 1 heterocycles. The fourth-order valence-electron chi connectivity index (χ4n) is 2.18. The summed E-state index contributed by atoms with van der Waals surface area (Å²) in [5.41, 5.74) is 7.01. The van der Waals surface area contributed by atoms with Crippen LogP contribution in [-0.4, -0.2) is 36.0 Å². The molecule has 5 nitrogen and oxygen atoms in total. The lowest BCUT2D eigenvalue weighted by molar-refractivity contribution is 0.114. The Balaban J connectivity index is 1.52. The van der Waals surface area contributed by atoms with Crippen molar-refractivity contribution in [3.63, 3.8) is 0 Å². The van der Waals surface area contributed by atoms with Gasteiger partial charge in [0.15, 0.2) is 10.2 Å². The molecule has 0 bridgehead atoms. The van der Waals surface area contributed by atoms with Gasteiger partial charge in [0.25, 0.3) is 0 Å². The first kappa shape index (κ1) is 16.9. The number of benzene rings is 1. The van der Waals surface area contributed by atoms with Crippen LogP contribution in [0, 0.1) is 0 Å². The van der Waals surface area contributed by atoms with Crippen molar-refractivity contribution in [2.45, 2.75) is 25.4 Å². The van der Waals surface area contributed by atoms with E-state index in [1.54, 1.807) is 0 Å². The third kappa shape index (κ3) is 6.55. The molecule has 0 spiro atoms. The molecular weight excluding hydrogens is 316 g/mol. The minimum atomic E-state index is 0.260. The quantitative estimate of drug-likeness (QED) is 0.476. The van der Waals surface area contributed by atoms with Crippen LogP contribution in [0.1, 0.15) is 18.4 Å². The molecule has 1 saturated heterocycles. The Kier molecular flexibility index (Phi) is 7.35. The highest BCUT2D eigenvalue weighted by molar-refractivity contribution is 7.80. The minimum absolute atomic E-state index is 0.260. The Morgan fingerprint density at radius 1 is 1.09 bits per heavy atom. The molecule has 1 atom stereocenters. The number of rotatable bonds is 5. The molecule has 0 aliphatic carbocycles. The van der Waals surface area contributed by atoms with E-state index in [4.69, 9.17) is 29.2 Å². The van der Waals surface area contributed by atoms with Gasteiger partial charge in [0.1, 0.15) is 0 Å². The summed E-state index contributed by atoms with van der Waals surface area (Å²) in [5, 5.41) is 7.28. The van der Waals surface area contributed by atoms with Crippen LogP contribution >= 0.6 is 24.4 Å². The highest BCUT2D eigenvalue weighted by Gasteiger charge is 2.15. The molecule has 1 fully saturated rings. The molecule has 1 aromatic rings. The second-order valence-electron chi connectivity index (χ2n) is 5.09. The molecule has 1 aromatic carbocycles. The van der Waals surface area contributed by atoms with Crippen LogP contribution in [-0.2, 0) is 11.2 Å². The standard InChI is InChI=1S/C15H22N4OS2/c21-14(16-9-8-12-5-2-1-3-6-12)18-19-15(22)17-11-13-7-4-10-20-13/h1-3,5-6,13H,4,7-11H2,(H2,16,18,21)(H2,17,19,22)/t13-/m1/s1. The Bertz CT molecular complexity index is 478. The lowest BCUT2D eigenvalue weighted by atomic mass is 10.1. The monoisotopic (exact) mass is 338 g/mol. The number of hydrazine groups is 1. The predicted molar refractivity (Wildman–Crippen MR) is 96.6 cm³/mol. The molecule has 4 N–H and O–H groups in total. The van der Waals surface area contributed by atoms with E-state index in [9.17, 15) is 0 Å². The number of ether oxygens (including phenoxy) is 1. The lowest BCUT2D eigenvalue weighted by Gasteiger charge is -2.16. The van der Waals surface area contributed by atoms with Crippen LogP contribution < -0.4 is 21.5 Å². The Morgan fingerprint density at radius 3 is 2.50 bits per heavy atom. The summed E-state index contributed by atoms with van der Waals surface area (Å²) in [6.45, 7) is 2.34. The zero-order chi connectivity index (χ0) is 15.6. The average Bonchev–Trinajstić information content (AvgIpc) is 3.05. The molecule has 0 amide bonds. The maximum absolute atomic E-state index is 5.52. The summed E-state index contributed by atoms with van der Waals surface area (Å²) in [4.78, 5) is 0. The van der Waals surface area contributed by atoms with Gasteiger partial charge in [0, 0.05) is 19.7 Å². The van der Waals surface area contributed by atoms with Gasteiger partial charge in [-0.25, -0.2) is 0 Å². The van der Waals surface area contributed by atoms with Crippen LogP contribution in [0.25, 0.3) is 0 Å². The number of hydrogen-bond acceptors (Lipinski definition) is 3. The van der Waals surface area contributed by atoms with Crippen molar-refractivity contribution in [3.8, 4) is 0 Å². The largest absolute Gasteiger partial charge is 0.376 e. The molecule has 0 radical (unpaired) electrons. The molecule has 1 aliphatic heterocycles. The highest BCUT2D eigenvalue weighted by atomic mass is 32.1. The zero-order valence-corrected chi connectivity index (χ0v) is 14.1. The van der Waals surface area contributed by atoms with E-state index in [2.05, 4.69) is 33.6 Å². The van der Waals surface area contributed by atoms with E-state index in [0.29, 0.717) is 10.2 Å². The Labute approximate surface area is 142 Å². The summed E-state index contributed by atoms with van der Waals surface area (Å²) in [5.74, 6) is 0. The first-order chi connectivity index (χ1) is 10.7. The van der Waals surface area contributed by atoms with Crippen molar-refractivity contribution in [1.82, 2.24) is 21.5 Å². The summed E-state index contributed by atoms with van der Waals surface area (Å²) in [6, 6.07) is 10.3. The van der Waals surface area contributed by atoms with Gasteiger partial charge >= 0.3 is 0 Å². The minimum Gasteiger partial charge on any atom is -0.376 e. The van der Waals surface area contributed by atoms with E-state index in [1.165, 1.54) is 5.56 Å². The van der Waals surface area contributed by atoms with Crippen molar-refractivity contribution in [3.05, 3.63) is 35.9 Å². The molecule has 22 heavy (non-hydrogen) atoms. The maximum Gasteiger partial charge on any atom is 0.185 e. The first-order valence-electron chi connectivity index (χ1n) is 7.47. The van der Waals surface area contributed by atoms with E-state index in [1.807, 2.05) is 18.2 Å². The lowest BCUT2D eigenvalue weighted by Crippen LogP contribution is -2.51. The third-order valence-corrected chi connectivity index (χ3v) is 3.84. The molecule has 0 unspecified atom stereocenters. The van der Waals surface area contributed by atoms with Crippen molar-refractivity contribution in [1.29, 1.82) is 0 Å². The molecule has 1 aliphatic rings. The number of nitrogens with one attached hydrogen (secondary N) is 4. The molecule has 0 saturated carbocycles. The first-order valence-corrected chi connectivity index (χ1v) is 8.29. The van der Waals surface area contributed by atoms with Crippen LogP contribution in [0.15, 0.2) is 30.3 Å². The van der Waals surface area contributed by atoms with Crippen molar-refractivity contribution in [2.75, 3.05) is 19.7 Å². The molecule has 120 valence electrons. The Morgan fingerprint density at radius 2 is 1.82 bits per heavy atom. The molecule has 2 rings (SSSR count). The van der Waals surface area contributed by atoms with E-state index >= 15 is 0 Å². The van der Waals surface area contributed by atoms with Crippen LogP contribution in [0.3, 0.4) is 0 Å². The van der Waals surface area contributed by atoms with Gasteiger partial charge in [-0.05, 0) is 49.3 Å². The molecular formula is C15H22N4OS2. The van der Waals surface area contributed by atoms with Gasteiger partial charge in [0.2, 0.25) is 0 Å². The SMILES string of the molecule is S=C(NCCc1ccccc1)NNC(=S)NC[C@H]1CCCO1. The van der Waals surface area contributed by atoms with Crippen molar-refractivity contribution >= 4 is 34.7 Å². The molecule has 0 aromatic heterocycles. The third-order valence-electron chi connectivity index (χ3n) is 3.35. The van der Waals surface area contributed by atoms with Gasteiger partial charge in [-0.1, -0.05) is 30.3 Å². The van der Waals surface area contributed by atoms with Gasteiger partial charge in [0.05, 0.1) is 6.10 Å². The summed E-state index contributed by atoms with van der Waals surface area (Å²) >= 11 is 10.4. The zero-order valence-electron chi connectivity index (χ0n) is 12.4. The normalized spacial score (nSPS) is 16.8. The number of thiocarbonyl (C=S) groups is 2. The fourth-order valence-corrected chi connectivity index (χ4v) is 2.47. The maximum atomic E-state index is 5.52. The predicted octanol–water partition coefficient (Wildman–Crippen LogP) is 1.25. The summed E-state index contributed by atoms with van der Waals surface area (Å²) in [6.07, 6.45) is 3.39. The van der Waals surface area contributed by atoms with Gasteiger partial charge in [-0.15, -0.1) is 0 Å². The summed E-state index contributed by atoms with van der Waals surface area (Å²) in [7, 11) is 0. The smallest absolute Gasteiger partial charge is 0.185 e. The van der Waals surface area contributed by atoms with Crippen molar-refractivity contribution in [2.24, 2.45) is 0 Å². The van der Waals surface area contributed by atoms with E-state index in [0.717, 1.165) is 39.0 Å². The fraction of sp³-hybridized carbons (Fsp3) is 0.467. The topological polar surface area (TPSA) is 57.3 Å². The Hall–Kier alpha value is -1.44. The van der Waals surface area contributed by atoms with Gasteiger partial charge < -0.3 is 15.4 Å². The van der Waals surface area contributed by atoms with Gasteiger partial charge in [-0.3, -0.25) is 10.9 Å². The highest BCUT2D eigenvalue weighted by Crippen LogP contribution is 2.10. The van der Waals surface area contributed by atoms with Crippen LogP contribution in [0.2, 0.25) is 0 Å². The van der Waals surface area contributed by atoms with Gasteiger partial charge in [-0.2, -0.15) is 0 Å². The van der Waals surface area contributed by atoms with E-state index in [-0.39, 0.29) is 6.10 Å². The van der Waals surface area contributed by atoms with E-state index < -0.39 is 0 Å². The second kappa shape index (κ2) is 9.55. The molecule has 7 heteroatoms. The van der Waals surface area contributed by atoms with Crippen LogP contribution in [0.4, 0.5) is 0 Å². The summed E-state index contributed by atoms with van der Waals surface area (Å²) < 4.78 is 5.52. The second-order valence-corrected chi connectivity index (χ2v) is 5.90. The average molecular weight is 339 g/mol.